The van der Waals surface area contributed by atoms with Crippen molar-refractivity contribution in [1.29, 1.82) is 0 Å². The molecule has 0 N–H and O–H groups in total. The molecule has 1 aliphatic rings. The Bertz CT molecular complexity index is 82.4. The predicted molar refractivity (Wildman–Crippen MR) is 27.4 cm³/mol. The van der Waals surface area contributed by atoms with Crippen LogP contribution in [0.3, 0.4) is 0 Å². The SMILES string of the molecule is O=C1COCCC[N]1. The van der Waals surface area contributed by atoms with Crippen molar-refractivity contribution in [3.05, 3.63) is 0 Å². The van der Waals surface area contributed by atoms with Crippen molar-refractivity contribution in [3.8, 4) is 0 Å². The molecule has 0 aromatic carbocycles. The molecule has 3 heteroatoms. The molecule has 8 heavy (non-hydrogen) atoms. The van der Waals surface area contributed by atoms with Crippen LogP contribution < -0.4 is 5.32 Å². The summed E-state index contributed by atoms with van der Waals surface area (Å²) in [5.41, 5.74) is 0. The van der Waals surface area contributed by atoms with Crippen LogP contribution in [0.15, 0.2) is 0 Å². The molecular formula is C5H8NO2. The standard InChI is InChI=1S/C5H8NO2/c7-5-4-8-3-1-2-6-5/h1-4H2. The van der Waals surface area contributed by atoms with Gasteiger partial charge in [-0.15, -0.1) is 0 Å². The van der Waals surface area contributed by atoms with E-state index < -0.39 is 0 Å². The molecule has 1 saturated heterocycles. The third kappa shape index (κ3) is 1.50. The van der Waals surface area contributed by atoms with E-state index >= 15 is 0 Å². The molecule has 0 saturated carbocycles. The van der Waals surface area contributed by atoms with Crippen molar-refractivity contribution in [1.82, 2.24) is 5.32 Å². The maximum absolute atomic E-state index is 10.4. The Hall–Kier alpha value is -0.570. The molecule has 1 radical (unpaired) electrons. The summed E-state index contributed by atoms with van der Waals surface area (Å²) in [6.45, 7) is 1.49. The molecule has 1 heterocycles. The van der Waals surface area contributed by atoms with E-state index in [1.54, 1.807) is 0 Å². The first-order chi connectivity index (χ1) is 3.89. The fourth-order valence-corrected chi connectivity index (χ4v) is 0.575. The van der Waals surface area contributed by atoms with Crippen molar-refractivity contribution < 1.29 is 9.53 Å². The Morgan fingerprint density at radius 3 is 3.38 bits per heavy atom. The Labute approximate surface area is 48.0 Å². The lowest BCUT2D eigenvalue weighted by molar-refractivity contribution is -0.124. The number of amides is 1. The molecule has 1 fully saturated rings. The van der Waals surface area contributed by atoms with Gasteiger partial charge in [0.05, 0.1) is 0 Å². The van der Waals surface area contributed by atoms with Gasteiger partial charge in [0, 0.05) is 13.2 Å². The summed E-state index contributed by atoms with van der Waals surface area (Å²) in [5.74, 6) is -0.123. The normalized spacial score (nSPS) is 21.8. The molecule has 0 spiro atoms. The van der Waals surface area contributed by atoms with Crippen LogP contribution in [0.1, 0.15) is 6.42 Å². The molecule has 1 aliphatic heterocycles. The number of carbonyl (C=O) groups excluding carboxylic acids is 1. The van der Waals surface area contributed by atoms with Gasteiger partial charge >= 0.3 is 0 Å². The van der Waals surface area contributed by atoms with E-state index in [1.807, 2.05) is 0 Å². The third-order valence-corrected chi connectivity index (χ3v) is 0.960. The zero-order valence-corrected chi connectivity index (χ0v) is 4.59. The number of hydrogen-bond acceptors (Lipinski definition) is 2. The van der Waals surface area contributed by atoms with Crippen molar-refractivity contribution in [3.63, 3.8) is 0 Å². The number of ether oxygens (including phenoxy) is 1. The maximum atomic E-state index is 10.4. The topological polar surface area (TPSA) is 40.4 Å². The Morgan fingerprint density at radius 2 is 2.50 bits per heavy atom. The highest BCUT2D eigenvalue weighted by Gasteiger charge is 2.05. The molecule has 1 rings (SSSR count). The molecule has 3 nitrogen and oxygen atoms in total. The third-order valence-electron chi connectivity index (χ3n) is 0.960. The summed E-state index contributed by atoms with van der Waals surface area (Å²) < 4.78 is 4.86. The minimum atomic E-state index is -0.123. The molecule has 0 aliphatic carbocycles. The van der Waals surface area contributed by atoms with Gasteiger partial charge in [0.25, 0.3) is 5.91 Å². The quantitative estimate of drug-likeness (QED) is 0.427. The summed E-state index contributed by atoms with van der Waals surface area (Å²) in [7, 11) is 0. The minimum absolute atomic E-state index is 0.123. The van der Waals surface area contributed by atoms with Gasteiger partial charge in [-0.2, -0.15) is 0 Å². The molecule has 0 bridgehead atoms. The fourth-order valence-electron chi connectivity index (χ4n) is 0.575. The summed E-state index contributed by atoms with van der Waals surface area (Å²) in [6.07, 6.45) is 0.881. The van der Waals surface area contributed by atoms with Crippen LogP contribution in [0.25, 0.3) is 0 Å². The van der Waals surface area contributed by atoms with Crippen molar-refractivity contribution in [2.24, 2.45) is 0 Å². The van der Waals surface area contributed by atoms with Gasteiger partial charge in [0.2, 0.25) is 0 Å². The van der Waals surface area contributed by atoms with Crippen LogP contribution in [0.5, 0.6) is 0 Å². The minimum Gasteiger partial charge on any atom is -0.371 e. The van der Waals surface area contributed by atoms with Gasteiger partial charge in [-0.1, -0.05) is 0 Å². The zero-order valence-electron chi connectivity index (χ0n) is 4.59. The van der Waals surface area contributed by atoms with E-state index in [-0.39, 0.29) is 12.5 Å². The van der Waals surface area contributed by atoms with E-state index in [2.05, 4.69) is 5.32 Å². The van der Waals surface area contributed by atoms with Crippen LogP contribution in [0.2, 0.25) is 0 Å². The van der Waals surface area contributed by atoms with E-state index in [9.17, 15) is 4.79 Å². The second-order valence-electron chi connectivity index (χ2n) is 1.68. The van der Waals surface area contributed by atoms with Gasteiger partial charge < -0.3 is 4.74 Å². The average molecular weight is 114 g/mol. The lowest BCUT2D eigenvalue weighted by atomic mass is 10.5. The van der Waals surface area contributed by atoms with Gasteiger partial charge in [0.15, 0.2) is 0 Å². The Morgan fingerprint density at radius 1 is 1.62 bits per heavy atom. The summed E-state index contributed by atoms with van der Waals surface area (Å²) in [4.78, 5) is 10.4. The van der Waals surface area contributed by atoms with Crippen LogP contribution in [-0.2, 0) is 9.53 Å². The first kappa shape index (κ1) is 5.56. The van der Waals surface area contributed by atoms with Gasteiger partial charge in [0.1, 0.15) is 6.61 Å². The molecule has 1 amide bonds. The van der Waals surface area contributed by atoms with E-state index in [0.717, 1.165) is 6.42 Å². The maximum Gasteiger partial charge on any atom is 0.267 e. The highest BCUT2D eigenvalue weighted by molar-refractivity contribution is 5.76. The smallest absolute Gasteiger partial charge is 0.267 e. The molecule has 0 aromatic heterocycles. The fraction of sp³-hybridized carbons (Fsp3) is 0.800. The Balaban J connectivity index is 2.27. The predicted octanol–water partition coefficient (Wildman–Crippen LogP) is -0.462. The molecule has 45 valence electrons. The van der Waals surface area contributed by atoms with Crippen LogP contribution in [0.4, 0.5) is 0 Å². The van der Waals surface area contributed by atoms with E-state index in [1.165, 1.54) is 0 Å². The van der Waals surface area contributed by atoms with E-state index in [0.29, 0.717) is 13.2 Å². The number of nitrogens with zero attached hydrogens (tertiary/aromatic N) is 1. The van der Waals surface area contributed by atoms with Crippen LogP contribution in [0, 0.1) is 0 Å². The summed E-state index contributed by atoms with van der Waals surface area (Å²) in [5, 5.41) is 3.66. The Kier molecular flexibility index (Phi) is 1.86. The monoisotopic (exact) mass is 114 g/mol. The highest BCUT2D eigenvalue weighted by atomic mass is 16.5. The van der Waals surface area contributed by atoms with Crippen molar-refractivity contribution in [2.45, 2.75) is 6.42 Å². The number of hydrogen-bond donors (Lipinski definition) is 0. The van der Waals surface area contributed by atoms with Crippen molar-refractivity contribution >= 4 is 5.91 Å². The second-order valence-corrected chi connectivity index (χ2v) is 1.68. The van der Waals surface area contributed by atoms with Gasteiger partial charge in [-0.3, -0.25) is 4.79 Å². The lowest BCUT2D eigenvalue weighted by Gasteiger charge is -1.90. The highest BCUT2D eigenvalue weighted by Crippen LogP contribution is 1.87. The first-order valence-electron chi connectivity index (χ1n) is 2.67. The van der Waals surface area contributed by atoms with Crippen molar-refractivity contribution in [2.75, 3.05) is 19.8 Å². The van der Waals surface area contributed by atoms with Gasteiger partial charge in [-0.05, 0) is 6.42 Å². The van der Waals surface area contributed by atoms with Gasteiger partial charge in [-0.25, -0.2) is 5.32 Å². The lowest BCUT2D eigenvalue weighted by Crippen LogP contribution is -2.17. The molecule has 0 aromatic rings. The molecular weight excluding hydrogens is 106 g/mol. The summed E-state index contributed by atoms with van der Waals surface area (Å²) >= 11 is 0. The summed E-state index contributed by atoms with van der Waals surface area (Å²) in [6, 6.07) is 0. The average Bonchev–Trinajstić information content (AvgIpc) is 1.94. The zero-order chi connectivity index (χ0) is 5.82. The van der Waals surface area contributed by atoms with Crippen LogP contribution in [-0.4, -0.2) is 25.7 Å². The molecule has 0 unspecified atom stereocenters. The first-order valence-corrected chi connectivity index (χ1v) is 2.67. The van der Waals surface area contributed by atoms with Crippen LogP contribution >= 0.6 is 0 Å². The molecule has 0 atom stereocenters. The number of rotatable bonds is 0. The largest absolute Gasteiger partial charge is 0.371 e. The number of carbonyl (C=O) groups is 1. The van der Waals surface area contributed by atoms with E-state index in [4.69, 9.17) is 4.74 Å². The second kappa shape index (κ2) is 2.67.